The zero-order valence-corrected chi connectivity index (χ0v) is 15.1. The number of hydrogen-bond acceptors (Lipinski definition) is 4. The van der Waals surface area contributed by atoms with Crippen LogP contribution in [0.2, 0.25) is 0 Å². The Labute approximate surface area is 154 Å². The fourth-order valence-electron chi connectivity index (χ4n) is 4.48. The highest BCUT2D eigenvalue weighted by Gasteiger charge is 2.38. The van der Waals surface area contributed by atoms with Gasteiger partial charge in [-0.1, -0.05) is 18.2 Å². The number of carbonyl (C=O) groups is 1. The van der Waals surface area contributed by atoms with Gasteiger partial charge in [0, 0.05) is 51.4 Å². The lowest BCUT2D eigenvalue weighted by molar-refractivity contribution is -0.141. The minimum atomic E-state index is 0.285. The highest BCUT2D eigenvalue weighted by atomic mass is 16.2. The molecule has 4 rings (SSSR count). The molecule has 6 nitrogen and oxygen atoms in total. The van der Waals surface area contributed by atoms with E-state index in [1.54, 1.807) is 0 Å². The monoisotopic (exact) mass is 353 g/mol. The molecule has 2 aromatic rings. The van der Waals surface area contributed by atoms with Gasteiger partial charge < -0.3 is 10.6 Å². The molecule has 2 N–H and O–H groups in total. The smallest absolute Gasteiger partial charge is 0.222 e. The number of para-hydroxylation sites is 1. The van der Waals surface area contributed by atoms with E-state index in [2.05, 4.69) is 28.2 Å². The van der Waals surface area contributed by atoms with Crippen molar-refractivity contribution in [1.82, 2.24) is 19.6 Å². The second-order valence-electron chi connectivity index (χ2n) is 7.34. The minimum Gasteiger partial charge on any atom is -0.338 e. The van der Waals surface area contributed by atoms with Gasteiger partial charge >= 0.3 is 0 Å². The number of hydrogen-bond donors (Lipinski definition) is 1. The lowest BCUT2D eigenvalue weighted by Crippen LogP contribution is -2.56. The SMILES string of the molecule is NCCN1C(=O)CC[C@@H]2CN(Cc3ccnn3-c3ccccc3)CC[C@@H]21. The molecule has 1 aromatic carbocycles. The third-order valence-electron chi connectivity index (χ3n) is 5.71. The Morgan fingerprint density at radius 2 is 2.00 bits per heavy atom. The molecule has 6 heteroatoms. The number of nitrogens with zero attached hydrogens (tertiary/aromatic N) is 4. The van der Waals surface area contributed by atoms with Crippen LogP contribution in [-0.4, -0.2) is 57.7 Å². The zero-order chi connectivity index (χ0) is 17.9. The van der Waals surface area contributed by atoms with E-state index in [4.69, 9.17) is 5.73 Å². The van der Waals surface area contributed by atoms with Crippen molar-refractivity contribution < 1.29 is 4.79 Å². The van der Waals surface area contributed by atoms with Crippen molar-refractivity contribution in [1.29, 1.82) is 0 Å². The van der Waals surface area contributed by atoms with Gasteiger partial charge in [-0.2, -0.15) is 5.10 Å². The van der Waals surface area contributed by atoms with Crippen molar-refractivity contribution in [2.24, 2.45) is 11.7 Å². The maximum Gasteiger partial charge on any atom is 0.222 e. The number of nitrogens with two attached hydrogens (primary N) is 1. The Hall–Kier alpha value is -2.18. The van der Waals surface area contributed by atoms with Crippen LogP contribution in [-0.2, 0) is 11.3 Å². The van der Waals surface area contributed by atoms with E-state index in [0.717, 1.165) is 38.2 Å². The summed E-state index contributed by atoms with van der Waals surface area (Å²) in [6.07, 6.45) is 4.57. The highest BCUT2D eigenvalue weighted by Crippen LogP contribution is 2.31. The number of piperidine rings is 2. The standard InChI is InChI=1S/C20H27N5O/c21-10-13-24-19-9-12-23(14-16(19)6-7-20(24)26)15-18-8-11-22-25(18)17-4-2-1-3-5-17/h1-5,8,11,16,19H,6-7,9-10,12-15,21H2/t16-,19+/m1/s1. The average Bonchev–Trinajstić information content (AvgIpc) is 3.13. The van der Waals surface area contributed by atoms with Crippen LogP contribution in [0.5, 0.6) is 0 Å². The summed E-state index contributed by atoms with van der Waals surface area (Å²) in [7, 11) is 0. The molecule has 0 aliphatic carbocycles. The van der Waals surface area contributed by atoms with Gasteiger partial charge in [0.1, 0.15) is 0 Å². The van der Waals surface area contributed by atoms with Crippen molar-refractivity contribution in [3.8, 4) is 5.69 Å². The van der Waals surface area contributed by atoms with Gasteiger partial charge in [0.05, 0.1) is 11.4 Å². The predicted octanol–water partition coefficient (Wildman–Crippen LogP) is 1.64. The van der Waals surface area contributed by atoms with Crippen molar-refractivity contribution >= 4 is 5.91 Å². The number of rotatable bonds is 5. The van der Waals surface area contributed by atoms with Gasteiger partial charge in [-0.15, -0.1) is 0 Å². The zero-order valence-electron chi connectivity index (χ0n) is 15.1. The van der Waals surface area contributed by atoms with Crippen LogP contribution in [0.1, 0.15) is 25.0 Å². The van der Waals surface area contributed by atoms with E-state index in [0.29, 0.717) is 31.5 Å². The van der Waals surface area contributed by atoms with Crippen molar-refractivity contribution in [2.75, 3.05) is 26.2 Å². The summed E-state index contributed by atoms with van der Waals surface area (Å²) in [6.45, 7) is 4.19. The lowest BCUT2D eigenvalue weighted by Gasteiger charge is -2.47. The topological polar surface area (TPSA) is 67.4 Å². The molecule has 1 aromatic heterocycles. The maximum atomic E-state index is 12.2. The predicted molar refractivity (Wildman–Crippen MR) is 101 cm³/mol. The Morgan fingerprint density at radius 1 is 1.15 bits per heavy atom. The van der Waals surface area contributed by atoms with E-state index in [1.165, 1.54) is 5.69 Å². The normalized spacial score (nSPS) is 23.9. The molecule has 2 saturated heterocycles. The van der Waals surface area contributed by atoms with E-state index in [9.17, 15) is 4.79 Å². The van der Waals surface area contributed by atoms with Gasteiger partial charge in [0.2, 0.25) is 5.91 Å². The summed E-state index contributed by atoms with van der Waals surface area (Å²) >= 11 is 0. The lowest BCUT2D eigenvalue weighted by atomic mass is 9.83. The second kappa shape index (κ2) is 7.60. The fraction of sp³-hybridized carbons (Fsp3) is 0.500. The number of fused-ring (bicyclic) bond motifs is 1. The van der Waals surface area contributed by atoms with Gasteiger partial charge in [-0.05, 0) is 37.0 Å². The van der Waals surface area contributed by atoms with Crippen molar-refractivity contribution in [2.45, 2.75) is 31.8 Å². The third-order valence-corrected chi connectivity index (χ3v) is 5.71. The summed E-state index contributed by atoms with van der Waals surface area (Å²) in [6, 6.07) is 12.7. The maximum absolute atomic E-state index is 12.2. The molecular weight excluding hydrogens is 326 g/mol. The van der Waals surface area contributed by atoms with Crippen molar-refractivity contribution in [3.05, 3.63) is 48.3 Å². The number of likely N-dealkylation sites (tertiary alicyclic amines) is 2. The molecule has 0 bridgehead atoms. The molecule has 2 aliphatic rings. The Kier molecular flexibility index (Phi) is 5.04. The van der Waals surface area contributed by atoms with Crippen LogP contribution in [0, 0.1) is 5.92 Å². The number of aromatic nitrogens is 2. The average molecular weight is 353 g/mol. The third kappa shape index (κ3) is 3.39. The van der Waals surface area contributed by atoms with Gasteiger partial charge in [0.25, 0.3) is 0 Å². The quantitative estimate of drug-likeness (QED) is 0.887. The van der Waals surface area contributed by atoms with E-state index in [1.807, 2.05) is 34.0 Å². The number of benzene rings is 1. The Morgan fingerprint density at radius 3 is 2.81 bits per heavy atom. The summed E-state index contributed by atoms with van der Waals surface area (Å²) in [5.74, 6) is 0.841. The number of carbonyl (C=O) groups excluding carboxylic acids is 1. The fourth-order valence-corrected chi connectivity index (χ4v) is 4.48. The molecule has 2 aliphatic heterocycles. The van der Waals surface area contributed by atoms with Crippen LogP contribution in [0.4, 0.5) is 0 Å². The van der Waals surface area contributed by atoms with Crippen LogP contribution in [0.15, 0.2) is 42.6 Å². The van der Waals surface area contributed by atoms with Gasteiger partial charge in [-0.3, -0.25) is 9.69 Å². The van der Waals surface area contributed by atoms with Gasteiger partial charge in [-0.25, -0.2) is 4.68 Å². The molecule has 2 atom stereocenters. The van der Waals surface area contributed by atoms with E-state index in [-0.39, 0.29) is 5.91 Å². The molecule has 26 heavy (non-hydrogen) atoms. The van der Waals surface area contributed by atoms with Crippen LogP contribution in [0.25, 0.3) is 5.69 Å². The Balaban J connectivity index is 1.44. The van der Waals surface area contributed by atoms with E-state index < -0.39 is 0 Å². The van der Waals surface area contributed by atoms with Crippen LogP contribution in [0.3, 0.4) is 0 Å². The molecule has 0 radical (unpaired) electrons. The van der Waals surface area contributed by atoms with Gasteiger partial charge in [0.15, 0.2) is 0 Å². The second-order valence-corrected chi connectivity index (χ2v) is 7.34. The molecule has 0 unspecified atom stereocenters. The Bertz CT molecular complexity index is 744. The van der Waals surface area contributed by atoms with Crippen molar-refractivity contribution in [3.63, 3.8) is 0 Å². The van der Waals surface area contributed by atoms with Crippen LogP contribution >= 0.6 is 0 Å². The summed E-state index contributed by atoms with van der Waals surface area (Å²) in [5.41, 5.74) is 8.02. The molecule has 1 amide bonds. The first-order chi connectivity index (χ1) is 12.8. The molecule has 0 spiro atoms. The molecule has 138 valence electrons. The largest absolute Gasteiger partial charge is 0.338 e. The summed E-state index contributed by atoms with van der Waals surface area (Å²) in [5, 5.41) is 4.50. The summed E-state index contributed by atoms with van der Waals surface area (Å²) < 4.78 is 2.03. The first kappa shape index (κ1) is 17.2. The molecule has 2 fully saturated rings. The first-order valence-corrected chi connectivity index (χ1v) is 9.56. The van der Waals surface area contributed by atoms with Crippen LogP contribution < -0.4 is 5.73 Å². The van der Waals surface area contributed by atoms with E-state index >= 15 is 0 Å². The molecule has 3 heterocycles. The first-order valence-electron chi connectivity index (χ1n) is 9.56. The summed E-state index contributed by atoms with van der Waals surface area (Å²) in [4.78, 5) is 16.8. The minimum absolute atomic E-state index is 0.285. The number of amides is 1. The molecular formula is C20H27N5O. The molecule has 0 saturated carbocycles. The highest BCUT2D eigenvalue weighted by molar-refractivity contribution is 5.77.